The molecule has 2 fully saturated rings. The number of amides is 3. The third kappa shape index (κ3) is 5.63. The van der Waals surface area contributed by atoms with Gasteiger partial charge in [-0.1, -0.05) is 15.9 Å². The predicted octanol–water partition coefficient (Wildman–Crippen LogP) is 3.06. The number of halogens is 1. The summed E-state index contributed by atoms with van der Waals surface area (Å²) in [6, 6.07) is 3.21. The highest BCUT2D eigenvalue weighted by Gasteiger charge is 2.37. The van der Waals surface area contributed by atoms with E-state index in [1.807, 2.05) is 0 Å². The molecular weight excluding hydrogens is 504 g/mol. The molecule has 32 heavy (non-hydrogen) atoms. The van der Waals surface area contributed by atoms with Gasteiger partial charge >= 0.3 is 5.97 Å². The molecule has 2 aliphatic heterocycles. The number of piperidine rings is 1. The van der Waals surface area contributed by atoms with Crippen molar-refractivity contribution in [1.29, 1.82) is 0 Å². The van der Waals surface area contributed by atoms with Crippen molar-refractivity contribution in [3.8, 4) is 11.5 Å². The van der Waals surface area contributed by atoms with Gasteiger partial charge in [0.2, 0.25) is 5.91 Å². The van der Waals surface area contributed by atoms with Gasteiger partial charge in [0.25, 0.3) is 11.1 Å². The number of nitrogens with zero attached hydrogens (tertiary/aromatic N) is 2. The molecule has 2 saturated heterocycles. The van der Waals surface area contributed by atoms with Gasteiger partial charge in [0.05, 0.1) is 19.1 Å². The average Bonchev–Trinajstić information content (AvgIpc) is 3.06. The van der Waals surface area contributed by atoms with Crippen molar-refractivity contribution in [2.45, 2.75) is 19.3 Å². The summed E-state index contributed by atoms with van der Waals surface area (Å²) in [5.41, 5.74) is 0.570. The van der Waals surface area contributed by atoms with E-state index < -0.39 is 17.1 Å². The number of esters is 1. The first-order valence-corrected chi connectivity index (χ1v) is 11.5. The first kappa shape index (κ1) is 24.1. The highest BCUT2D eigenvalue weighted by Crippen LogP contribution is 2.38. The standard InChI is InChI=1S/C21H23BrN2O7S/c1-29-15-8-13(14(22)10-16(15)31-12-19(26)30-2)9-17-20(27)24(21(28)32-17)11-18(25)23-6-4-3-5-7-23/h8-10H,3-7,11-12H2,1-2H3/b17-9-. The molecule has 1 aromatic rings. The van der Waals surface area contributed by atoms with Crippen LogP contribution in [0.5, 0.6) is 11.5 Å². The number of carbonyl (C=O) groups excluding carboxylic acids is 4. The van der Waals surface area contributed by atoms with Gasteiger partial charge in [-0.2, -0.15) is 0 Å². The molecule has 2 aliphatic rings. The van der Waals surface area contributed by atoms with Crippen LogP contribution in [0.25, 0.3) is 6.08 Å². The topological polar surface area (TPSA) is 102 Å². The molecule has 1 aromatic carbocycles. The van der Waals surface area contributed by atoms with Crippen LogP contribution in [0.3, 0.4) is 0 Å². The molecule has 0 radical (unpaired) electrons. The zero-order valence-electron chi connectivity index (χ0n) is 17.7. The predicted molar refractivity (Wildman–Crippen MR) is 121 cm³/mol. The quantitative estimate of drug-likeness (QED) is 0.394. The van der Waals surface area contributed by atoms with Crippen LogP contribution >= 0.6 is 27.7 Å². The number of hydrogen-bond acceptors (Lipinski definition) is 8. The summed E-state index contributed by atoms with van der Waals surface area (Å²) in [6.45, 7) is 0.763. The molecule has 0 bridgehead atoms. The SMILES string of the molecule is COC(=O)COc1cc(Br)c(/C=C2\SC(=O)N(CC(=O)N3CCCCC3)C2=O)cc1OC. The molecule has 0 N–H and O–H groups in total. The fourth-order valence-corrected chi connectivity index (χ4v) is 4.55. The molecule has 9 nitrogen and oxygen atoms in total. The Morgan fingerprint density at radius 2 is 1.84 bits per heavy atom. The molecule has 3 amide bonds. The van der Waals surface area contributed by atoms with E-state index in [9.17, 15) is 19.2 Å². The maximum Gasteiger partial charge on any atom is 0.343 e. The number of rotatable bonds is 7. The van der Waals surface area contributed by atoms with Gasteiger partial charge in [0.1, 0.15) is 6.54 Å². The summed E-state index contributed by atoms with van der Waals surface area (Å²) < 4.78 is 15.9. The number of imide groups is 1. The van der Waals surface area contributed by atoms with E-state index in [1.54, 1.807) is 23.1 Å². The Balaban J connectivity index is 1.76. The Bertz CT molecular complexity index is 960. The van der Waals surface area contributed by atoms with Gasteiger partial charge in [0.15, 0.2) is 18.1 Å². The maximum absolute atomic E-state index is 12.8. The van der Waals surface area contributed by atoms with Crippen molar-refractivity contribution in [2.75, 3.05) is 40.5 Å². The second-order valence-corrected chi connectivity index (χ2v) is 8.95. The highest BCUT2D eigenvalue weighted by molar-refractivity contribution is 9.10. The van der Waals surface area contributed by atoms with E-state index in [-0.39, 0.29) is 24.0 Å². The minimum absolute atomic E-state index is 0.201. The van der Waals surface area contributed by atoms with Crippen LogP contribution in [0.4, 0.5) is 4.79 Å². The summed E-state index contributed by atoms with van der Waals surface area (Å²) in [7, 11) is 2.70. The molecule has 0 saturated carbocycles. The molecule has 3 rings (SSSR count). The van der Waals surface area contributed by atoms with E-state index in [0.29, 0.717) is 34.6 Å². The zero-order chi connectivity index (χ0) is 23.3. The van der Waals surface area contributed by atoms with Crippen LogP contribution < -0.4 is 9.47 Å². The molecule has 0 aliphatic carbocycles. The molecule has 0 unspecified atom stereocenters. The third-order valence-corrected chi connectivity index (χ3v) is 6.61. The van der Waals surface area contributed by atoms with Crippen molar-refractivity contribution < 1.29 is 33.4 Å². The highest BCUT2D eigenvalue weighted by atomic mass is 79.9. The Morgan fingerprint density at radius 1 is 1.12 bits per heavy atom. The first-order chi connectivity index (χ1) is 15.3. The summed E-state index contributed by atoms with van der Waals surface area (Å²) in [5.74, 6) is -0.629. The normalized spacial score (nSPS) is 17.7. The van der Waals surface area contributed by atoms with Crippen molar-refractivity contribution >= 4 is 56.8 Å². The van der Waals surface area contributed by atoms with E-state index in [1.165, 1.54) is 14.2 Å². The van der Waals surface area contributed by atoms with Crippen molar-refractivity contribution in [3.63, 3.8) is 0 Å². The van der Waals surface area contributed by atoms with Crippen molar-refractivity contribution in [3.05, 3.63) is 27.1 Å². The van der Waals surface area contributed by atoms with Crippen LogP contribution in [0.1, 0.15) is 24.8 Å². The fourth-order valence-electron chi connectivity index (χ4n) is 3.29. The van der Waals surface area contributed by atoms with Crippen LogP contribution in [0.2, 0.25) is 0 Å². The Morgan fingerprint density at radius 3 is 2.50 bits per heavy atom. The smallest absolute Gasteiger partial charge is 0.343 e. The number of thioether (sulfide) groups is 1. The lowest BCUT2D eigenvalue weighted by Crippen LogP contribution is -2.44. The van der Waals surface area contributed by atoms with Crippen molar-refractivity contribution in [2.24, 2.45) is 0 Å². The molecule has 11 heteroatoms. The van der Waals surface area contributed by atoms with E-state index >= 15 is 0 Å². The number of benzene rings is 1. The second kappa shape index (κ2) is 10.9. The van der Waals surface area contributed by atoms with E-state index in [2.05, 4.69) is 20.7 Å². The lowest BCUT2D eigenvalue weighted by molar-refractivity contribution is -0.143. The van der Waals surface area contributed by atoms with E-state index in [0.717, 1.165) is 35.9 Å². The Hall–Kier alpha value is -2.53. The number of carbonyl (C=O) groups is 4. The number of likely N-dealkylation sites (tertiary alicyclic amines) is 1. The van der Waals surface area contributed by atoms with Crippen molar-refractivity contribution in [1.82, 2.24) is 9.80 Å². The fraction of sp³-hybridized carbons (Fsp3) is 0.429. The molecular formula is C21H23BrN2O7S. The van der Waals surface area contributed by atoms with Gasteiger partial charge in [-0.05, 0) is 54.8 Å². The molecule has 2 heterocycles. The summed E-state index contributed by atoms with van der Waals surface area (Å²) in [6.07, 6.45) is 4.50. The lowest BCUT2D eigenvalue weighted by atomic mass is 10.1. The summed E-state index contributed by atoms with van der Waals surface area (Å²) in [5, 5.41) is -0.479. The Kier molecular flexibility index (Phi) is 8.19. The molecule has 172 valence electrons. The number of ether oxygens (including phenoxy) is 3. The van der Waals surface area contributed by atoms with E-state index in [4.69, 9.17) is 9.47 Å². The average molecular weight is 527 g/mol. The van der Waals surface area contributed by atoms with Crippen LogP contribution in [-0.2, 0) is 19.1 Å². The minimum Gasteiger partial charge on any atom is -0.493 e. The molecule has 0 spiro atoms. The molecule has 0 aromatic heterocycles. The van der Waals surface area contributed by atoms with Gasteiger partial charge in [0, 0.05) is 17.6 Å². The monoisotopic (exact) mass is 526 g/mol. The number of methoxy groups -OCH3 is 2. The summed E-state index contributed by atoms with van der Waals surface area (Å²) in [4.78, 5) is 51.9. The maximum atomic E-state index is 12.8. The lowest BCUT2D eigenvalue weighted by Gasteiger charge is -2.27. The molecule has 0 atom stereocenters. The van der Waals surface area contributed by atoms with Gasteiger partial charge < -0.3 is 19.1 Å². The first-order valence-electron chi connectivity index (χ1n) is 9.94. The van der Waals surface area contributed by atoms with Gasteiger partial charge in [-0.15, -0.1) is 0 Å². The zero-order valence-corrected chi connectivity index (χ0v) is 20.1. The summed E-state index contributed by atoms with van der Waals surface area (Å²) >= 11 is 4.19. The van der Waals surface area contributed by atoms with Crippen LogP contribution in [0.15, 0.2) is 21.5 Å². The minimum atomic E-state index is -0.542. The van der Waals surface area contributed by atoms with Crippen LogP contribution in [0, 0.1) is 0 Å². The Labute approximate surface area is 198 Å². The largest absolute Gasteiger partial charge is 0.493 e. The number of hydrogen-bond donors (Lipinski definition) is 0. The van der Waals surface area contributed by atoms with Crippen LogP contribution in [-0.4, -0.2) is 73.3 Å². The second-order valence-electron chi connectivity index (χ2n) is 7.10. The third-order valence-electron chi connectivity index (χ3n) is 5.02. The van der Waals surface area contributed by atoms with Gasteiger partial charge in [-0.3, -0.25) is 19.3 Å². The van der Waals surface area contributed by atoms with Gasteiger partial charge in [-0.25, -0.2) is 4.79 Å².